The molecule has 4 heteroatoms. The summed E-state index contributed by atoms with van der Waals surface area (Å²) in [7, 11) is 5.92. The highest BCUT2D eigenvalue weighted by atomic mass is 16.5. The summed E-state index contributed by atoms with van der Waals surface area (Å²) in [5, 5.41) is 3.68. The van der Waals surface area contributed by atoms with Crippen LogP contribution in [-0.2, 0) is 16.7 Å². The molecular weight excluding hydrogens is 372 g/mol. The van der Waals surface area contributed by atoms with Crippen molar-refractivity contribution in [1.82, 2.24) is 5.32 Å². The Morgan fingerprint density at radius 2 is 1.87 bits per heavy atom. The summed E-state index contributed by atoms with van der Waals surface area (Å²) < 4.78 is 11.9. The maximum Gasteiger partial charge on any atom is 0.122 e. The average molecular weight is 411 g/mol. The van der Waals surface area contributed by atoms with Crippen molar-refractivity contribution in [3.05, 3.63) is 59.7 Å². The summed E-state index contributed by atoms with van der Waals surface area (Å²) in [5.41, 5.74) is 3.97. The van der Waals surface area contributed by atoms with E-state index in [1.54, 1.807) is 7.11 Å². The van der Waals surface area contributed by atoms with Crippen molar-refractivity contribution < 1.29 is 9.47 Å². The molecule has 2 atom stereocenters. The van der Waals surface area contributed by atoms with E-state index in [1.165, 1.54) is 16.8 Å². The highest BCUT2D eigenvalue weighted by Gasteiger charge is 2.40. The molecule has 30 heavy (non-hydrogen) atoms. The van der Waals surface area contributed by atoms with E-state index < -0.39 is 0 Å². The third-order valence-corrected chi connectivity index (χ3v) is 6.49. The Kier molecular flexibility index (Phi) is 7.79. The maximum atomic E-state index is 6.13. The van der Waals surface area contributed by atoms with Gasteiger partial charge in [0.1, 0.15) is 5.75 Å². The Hall–Kier alpha value is -2.04. The molecule has 0 spiro atoms. The first-order valence-corrected chi connectivity index (χ1v) is 11.2. The second-order valence-corrected chi connectivity index (χ2v) is 9.08. The molecule has 0 aromatic heterocycles. The first-order valence-electron chi connectivity index (χ1n) is 11.2. The second kappa shape index (κ2) is 10.3. The van der Waals surface area contributed by atoms with Crippen LogP contribution in [0.15, 0.2) is 48.5 Å². The number of para-hydroxylation sites is 1. The van der Waals surface area contributed by atoms with Crippen LogP contribution in [0.3, 0.4) is 0 Å². The van der Waals surface area contributed by atoms with Crippen LogP contribution >= 0.6 is 0 Å². The van der Waals surface area contributed by atoms with Gasteiger partial charge in [0, 0.05) is 43.9 Å². The largest absolute Gasteiger partial charge is 0.496 e. The summed E-state index contributed by atoms with van der Waals surface area (Å²) in [6.07, 6.45) is 3.46. The fourth-order valence-corrected chi connectivity index (χ4v) is 4.54. The van der Waals surface area contributed by atoms with Crippen LogP contribution in [0.4, 0.5) is 5.69 Å². The van der Waals surface area contributed by atoms with Crippen LogP contribution in [-0.4, -0.2) is 40.5 Å². The van der Waals surface area contributed by atoms with Crippen LogP contribution in [0.5, 0.6) is 5.75 Å². The lowest BCUT2D eigenvalue weighted by atomic mass is 9.68. The van der Waals surface area contributed by atoms with E-state index in [0.717, 1.165) is 44.7 Å². The summed E-state index contributed by atoms with van der Waals surface area (Å²) in [6.45, 7) is 7.20. The molecule has 0 unspecified atom stereocenters. The molecule has 2 aromatic rings. The van der Waals surface area contributed by atoms with Gasteiger partial charge in [-0.3, -0.25) is 0 Å². The normalized spacial score (nSPS) is 21.6. The van der Waals surface area contributed by atoms with E-state index in [4.69, 9.17) is 9.47 Å². The van der Waals surface area contributed by atoms with Crippen LogP contribution in [0, 0.1) is 5.92 Å². The van der Waals surface area contributed by atoms with Crippen molar-refractivity contribution in [1.29, 1.82) is 0 Å². The molecule has 164 valence electrons. The lowest BCUT2D eigenvalue weighted by molar-refractivity contribution is -0.0473. The third kappa shape index (κ3) is 5.35. The van der Waals surface area contributed by atoms with Crippen molar-refractivity contribution in [2.75, 3.05) is 39.3 Å². The van der Waals surface area contributed by atoms with Crippen molar-refractivity contribution in [2.24, 2.45) is 5.92 Å². The van der Waals surface area contributed by atoms with Gasteiger partial charge < -0.3 is 19.7 Å². The van der Waals surface area contributed by atoms with Gasteiger partial charge in [0.15, 0.2) is 0 Å². The molecule has 1 aliphatic rings. The molecule has 0 amide bonds. The molecule has 0 saturated carbocycles. The number of nitrogens with one attached hydrogen (secondary N) is 1. The summed E-state index contributed by atoms with van der Waals surface area (Å²) in [4.78, 5) is 2.13. The summed E-state index contributed by atoms with van der Waals surface area (Å²) >= 11 is 0. The standard InChI is InChI=1S/C26H38N2O2/c1-20(2)25-18-26(15-17-30-25,23-8-6-7-9-24(23)29-5)14-16-27-19-21-10-12-22(13-11-21)28(3)4/h6-13,20,25,27H,14-19H2,1-5H3/t25-,26-/m0/s1. The van der Waals surface area contributed by atoms with Gasteiger partial charge in [-0.1, -0.05) is 44.2 Å². The second-order valence-electron chi connectivity index (χ2n) is 9.08. The van der Waals surface area contributed by atoms with Gasteiger partial charge in [-0.2, -0.15) is 0 Å². The number of hydrogen-bond donors (Lipinski definition) is 1. The van der Waals surface area contributed by atoms with E-state index in [0.29, 0.717) is 12.0 Å². The van der Waals surface area contributed by atoms with Crippen molar-refractivity contribution in [3.8, 4) is 5.75 Å². The number of anilines is 1. The van der Waals surface area contributed by atoms with E-state index in [-0.39, 0.29) is 5.41 Å². The molecule has 0 radical (unpaired) electrons. The minimum absolute atomic E-state index is 0.0849. The van der Waals surface area contributed by atoms with Gasteiger partial charge in [0.25, 0.3) is 0 Å². The lowest BCUT2D eigenvalue weighted by Gasteiger charge is -2.43. The fraction of sp³-hybridized carbons (Fsp3) is 0.538. The van der Waals surface area contributed by atoms with Crippen LogP contribution in [0.1, 0.15) is 44.2 Å². The number of methoxy groups -OCH3 is 1. The molecule has 1 saturated heterocycles. The molecule has 4 nitrogen and oxygen atoms in total. The van der Waals surface area contributed by atoms with Crippen molar-refractivity contribution >= 4 is 5.69 Å². The van der Waals surface area contributed by atoms with E-state index in [9.17, 15) is 0 Å². The lowest BCUT2D eigenvalue weighted by Crippen LogP contribution is -2.42. The average Bonchev–Trinajstić information content (AvgIpc) is 2.77. The number of benzene rings is 2. The Balaban J connectivity index is 1.70. The predicted octanol–water partition coefficient (Wildman–Crippen LogP) is 5.01. The first kappa shape index (κ1) is 22.6. The van der Waals surface area contributed by atoms with Crippen molar-refractivity contribution in [2.45, 2.75) is 51.2 Å². The smallest absolute Gasteiger partial charge is 0.122 e. The van der Waals surface area contributed by atoms with Crippen molar-refractivity contribution in [3.63, 3.8) is 0 Å². The SMILES string of the molecule is COc1ccccc1[C@@]1(CCNCc2ccc(N(C)C)cc2)CCO[C@H](C(C)C)C1. The summed E-state index contributed by atoms with van der Waals surface area (Å²) in [5.74, 6) is 1.52. The first-order chi connectivity index (χ1) is 14.4. The highest BCUT2D eigenvalue weighted by molar-refractivity contribution is 5.46. The van der Waals surface area contributed by atoms with Gasteiger partial charge in [0.05, 0.1) is 13.2 Å². The predicted molar refractivity (Wildman–Crippen MR) is 126 cm³/mol. The fourth-order valence-electron chi connectivity index (χ4n) is 4.54. The zero-order valence-electron chi connectivity index (χ0n) is 19.3. The molecular formula is C26H38N2O2. The van der Waals surface area contributed by atoms with Crippen LogP contribution in [0.2, 0.25) is 0 Å². The molecule has 3 rings (SSSR count). The highest BCUT2D eigenvalue weighted by Crippen LogP contribution is 2.45. The Morgan fingerprint density at radius 1 is 1.13 bits per heavy atom. The Bertz CT molecular complexity index is 788. The topological polar surface area (TPSA) is 33.7 Å². The molecule has 1 N–H and O–H groups in total. The third-order valence-electron chi connectivity index (χ3n) is 6.49. The molecule has 1 aliphatic heterocycles. The van der Waals surface area contributed by atoms with Gasteiger partial charge in [-0.25, -0.2) is 0 Å². The number of hydrogen-bond acceptors (Lipinski definition) is 4. The monoisotopic (exact) mass is 410 g/mol. The van der Waals surface area contributed by atoms with E-state index >= 15 is 0 Å². The number of nitrogens with zero attached hydrogens (tertiary/aromatic N) is 1. The zero-order valence-corrected chi connectivity index (χ0v) is 19.3. The molecule has 0 aliphatic carbocycles. The Morgan fingerprint density at radius 3 is 2.53 bits per heavy atom. The minimum atomic E-state index is 0.0849. The van der Waals surface area contributed by atoms with Gasteiger partial charge >= 0.3 is 0 Å². The van der Waals surface area contributed by atoms with Crippen LogP contribution < -0.4 is 15.0 Å². The molecule has 0 bridgehead atoms. The number of ether oxygens (including phenoxy) is 2. The number of rotatable bonds is 9. The molecule has 1 heterocycles. The van der Waals surface area contributed by atoms with Crippen LogP contribution in [0.25, 0.3) is 0 Å². The quantitative estimate of drug-likeness (QED) is 0.589. The zero-order chi connectivity index (χ0) is 21.6. The minimum Gasteiger partial charge on any atom is -0.496 e. The molecule has 1 fully saturated rings. The summed E-state index contributed by atoms with van der Waals surface area (Å²) in [6, 6.07) is 17.3. The van der Waals surface area contributed by atoms with Gasteiger partial charge in [-0.05, 0) is 55.5 Å². The molecule has 2 aromatic carbocycles. The van der Waals surface area contributed by atoms with Gasteiger partial charge in [-0.15, -0.1) is 0 Å². The Labute approximate surface area is 182 Å². The van der Waals surface area contributed by atoms with E-state index in [1.807, 2.05) is 0 Å². The maximum absolute atomic E-state index is 6.13. The van der Waals surface area contributed by atoms with Gasteiger partial charge in [0.2, 0.25) is 0 Å². The van der Waals surface area contributed by atoms with E-state index in [2.05, 4.69) is 86.7 Å².